The van der Waals surface area contributed by atoms with E-state index in [4.69, 9.17) is 16.9 Å². The van der Waals surface area contributed by atoms with Gasteiger partial charge in [-0.15, -0.1) is 0 Å². The van der Waals surface area contributed by atoms with Gasteiger partial charge in [-0.05, 0) is 29.8 Å². The van der Waals surface area contributed by atoms with Gasteiger partial charge in [-0.1, -0.05) is 29.8 Å². The third-order valence-electron chi connectivity index (χ3n) is 2.47. The quantitative estimate of drug-likeness (QED) is 0.907. The Hall–Kier alpha value is -2.05. The van der Waals surface area contributed by atoms with Crippen molar-refractivity contribution in [1.82, 2.24) is 0 Å². The van der Waals surface area contributed by atoms with E-state index < -0.39 is 5.82 Å². The van der Waals surface area contributed by atoms with E-state index in [1.165, 1.54) is 12.1 Å². The largest absolute Gasteiger partial charge is 0.381 e. The zero-order valence-corrected chi connectivity index (χ0v) is 10.2. The van der Waals surface area contributed by atoms with Crippen LogP contribution in [0.3, 0.4) is 0 Å². The summed E-state index contributed by atoms with van der Waals surface area (Å²) in [5.74, 6) is -0.435. The highest BCUT2D eigenvalue weighted by Crippen LogP contribution is 2.18. The van der Waals surface area contributed by atoms with Gasteiger partial charge in [0, 0.05) is 17.3 Å². The number of nitriles is 1. The predicted molar refractivity (Wildman–Crippen MR) is 69.9 cm³/mol. The maximum Gasteiger partial charge on any atom is 0.126 e. The fraction of sp³-hybridized carbons (Fsp3) is 0.0714. The van der Waals surface area contributed by atoms with E-state index >= 15 is 0 Å². The molecule has 0 fully saturated rings. The van der Waals surface area contributed by atoms with Crippen LogP contribution in [0, 0.1) is 17.1 Å². The molecule has 90 valence electrons. The molecule has 2 nitrogen and oxygen atoms in total. The average Bonchev–Trinajstić information content (AvgIpc) is 2.37. The van der Waals surface area contributed by atoms with E-state index in [-0.39, 0.29) is 5.56 Å². The number of hydrogen-bond acceptors (Lipinski definition) is 2. The number of benzene rings is 2. The van der Waals surface area contributed by atoms with Crippen LogP contribution in [0.2, 0.25) is 5.02 Å². The molecule has 2 aromatic rings. The van der Waals surface area contributed by atoms with Crippen molar-refractivity contribution >= 4 is 17.3 Å². The highest BCUT2D eigenvalue weighted by Gasteiger charge is 2.02. The topological polar surface area (TPSA) is 35.8 Å². The minimum atomic E-state index is -0.435. The van der Waals surface area contributed by atoms with Gasteiger partial charge >= 0.3 is 0 Å². The molecule has 0 atom stereocenters. The third-order valence-corrected chi connectivity index (χ3v) is 2.84. The van der Waals surface area contributed by atoms with Crippen LogP contribution < -0.4 is 5.32 Å². The van der Waals surface area contributed by atoms with Crippen LogP contribution in [-0.4, -0.2) is 0 Å². The second kappa shape index (κ2) is 5.52. The molecule has 0 heterocycles. The molecule has 1 N–H and O–H groups in total. The van der Waals surface area contributed by atoms with E-state index in [9.17, 15) is 4.39 Å². The Bertz CT molecular complexity index is 605. The summed E-state index contributed by atoms with van der Waals surface area (Å²) in [5.41, 5.74) is 1.77. The molecule has 0 aliphatic carbocycles. The van der Waals surface area contributed by atoms with E-state index in [0.29, 0.717) is 17.3 Å². The second-order valence-corrected chi connectivity index (χ2v) is 4.19. The molecule has 0 amide bonds. The van der Waals surface area contributed by atoms with Crippen LogP contribution >= 0.6 is 11.6 Å². The number of rotatable bonds is 3. The molecule has 18 heavy (non-hydrogen) atoms. The zero-order valence-electron chi connectivity index (χ0n) is 9.45. The van der Waals surface area contributed by atoms with Crippen molar-refractivity contribution in [1.29, 1.82) is 5.26 Å². The fourth-order valence-corrected chi connectivity index (χ4v) is 1.80. The molecule has 0 spiro atoms. The minimum absolute atomic E-state index is 0.289. The van der Waals surface area contributed by atoms with Gasteiger partial charge in [-0.2, -0.15) is 5.26 Å². The summed E-state index contributed by atoms with van der Waals surface area (Å²) in [5, 5.41) is 12.4. The lowest BCUT2D eigenvalue weighted by Crippen LogP contribution is -2.00. The zero-order chi connectivity index (χ0) is 13.0. The van der Waals surface area contributed by atoms with E-state index in [1.54, 1.807) is 12.1 Å². The molecule has 0 aliphatic heterocycles. The predicted octanol–water partition coefficient (Wildman–Crippen LogP) is 3.96. The average molecular weight is 261 g/mol. The van der Waals surface area contributed by atoms with Crippen molar-refractivity contribution in [3.05, 3.63) is 64.4 Å². The van der Waals surface area contributed by atoms with Gasteiger partial charge in [-0.25, -0.2) is 4.39 Å². The summed E-state index contributed by atoms with van der Waals surface area (Å²) in [6, 6.07) is 13.5. The maximum atomic E-state index is 13.2. The van der Waals surface area contributed by atoms with Gasteiger partial charge in [0.2, 0.25) is 0 Å². The van der Waals surface area contributed by atoms with Gasteiger partial charge in [0.1, 0.15) is 5.82 Å². The minimum Gasteiger partial charge on any atom is -0.381 e. The lowest BCUT2D eigenvalue weighted by Gasteiger charge is -2.08. The van der Waals surface area contributed by atoms with Crippen LogP contribution in [-0.2, 0) is 6.54 Å². The van der Waals surface area contributed by atoms with Crippen LogP contribution in [0.5, 0.6) is 0 Å². The highest BCUT2D eigenvalue weighted by atomic mass is 35.5. The van der Waals surface area contributed by atoms with E-state index in [2.05, 4.69) is 5.32 Å². The van der Waals surface area contributed by atoms with Crippen molar-refractivity contribution in [2.24, 2.45) is 0 Å². The number of halogens is 2. The summed E-state index contributed by atoms with van der Waals surface area (Å²) < 4.78 is 13.2. The summed E-state index contributed by atoms with van der Waals surface area (Å²) in [6.45, 7) is 0.480. The first kappa shape index (κ1) is 12.4. The smallest absolute Gasteiger partial charge is 0.126 e. The lowest BCUT2D eigenvalue weighted by molar-refractivity contribution is 0.627. The molecule has 0 unspecified atom stereocenters. The Morgan fingerprint density at radius 3 is 2.72 bits per heavy atom. The first-order valence-electron chi connectivity index (χ1n) is 5.37. The first-order valence-corrected chi connectivity index (χ1v) is 5.75. The Morgan fingerprint density at radius 2 is 2.00 bits per heavy atom. The summed E-state index contributed by atoms with van der Waals surface area (Å²) in [4.78, 5) is 0. The molecule has 2 aromatic carbocycles. The molecule has 0 saturated carbocycles. The molecule has 0 aromatic heterocycles. The van der Waals surface area contributed by atoms with Crippen molar-refractivity contribution in [2.45, 2.75) is 6.54 Å². The number of nitrogens with one attached hydrogen (secondary N) is 1. The van der Waals surface area contributed by atoms with Crippen molar-refractivity contribution in [3.8, 4) is 6.07 Å². The monoisotopic (exact) mass is 260 g/mol. The number of anilines is 1. The van der Waals surface area contributed by atoms with Crippen LogP contribution in [0.25, 0.3) is 0 Å². The molecule has 0 saturated heterocycles. The van der Waals surface area contributed by atoms with Crippen molar-refractivity contribution in [2.75, 3.05) is 5.32 Å². The van der Waals surface area contributed by atoms with Crippen LogP contribution in [0.1, 0.15) is 11.1 Å². The Morgan fingerprint density at radius 1 is 1.22 bits per heavy atom. The molecule has 2 rings (SSSR count). The molecule has 0 bridgehead atoms. The second-order valence-electron chi connectivity index (χ2n) is 3.79. The highest BCUT2D eigenvalue weighted by molar-refractivity contribution is 6.31. The maximum absolute atomic E-state index is 13.2. The number of hydrogen-bond donors (Lipinski definition) is 1. The standard InChI is InChI=1S/C14H10ClFN2/c15-14-4-2-1-3-11(14)9-18-13-6-10(8-17)5-12(16)7-13/h1-7,18H,9H2. The molecule has 4 heteroatoms. The fourth-order valence-electron chi connectivity index (χ4n) is 1.60. The molecule has 0 aliphatic rings. The van der Waals surface area contributed by atoms with E-state index in [0.717, 1.165) is 5.56 Å². The summed E-state index contributed by atoms with van der Waals surface area (Å²) in [7, 11) is 0. The van der Waals surface area contributed by atoms with Crippen LogP contribution in [0.15, 0.2) is 42.5 Å². The van der Waals surface area contributed by atoms with Crippen molar-refractivity contribution < 1.29 is 4.39 Å². The van der Waals surface area contributed by atoms with E-state index in [1.807, 2.05) is 24.3 Å². The Kier molecular flexibility index (Phi) is 3.81. The number of nitrogens with zero attached hydrogens (tertiary/aromatic N) is 1. The normalized spacial score (nSPS) is 9.83. The van der Waals surface area contributed by atoms with Gasteiger partial charge < -0.3 is 5.32 Å². The SMILES string of the molecule is N#Cc1cc(F)cc(NCc2ccccc2Cl)c1. The molecular weight excluding hydrogens is 251 g/mol. The van der Waals surface area contributed by atoms with Gasteiger partial charge in [0.15, 0.2) is 0 Å². The lowest BCUT2D eigenvalue weighted by atomic mass is 10.2. The summed E-state index contributed by atoms with van der Waals surface area (Å²) in [6.07, 6.45) is 0. The van der Waals surface area contributed by atoms with Gasteiger partial charge in [-0.3, -0.25) is 0 Å². The van der Waals surface area contributed by atoms with Gasteiger partial charge in [0.05, 0.1) is 11.6 Å². The Labute approximate surface area is 110 Å². The van der Waals surface area contributed by atoms with Crippen LogP contribution in [0.4, 0.5) is 10.1 Å². The molecular formula is C14H10ClFN2. The Balaban J connectivity index is 2.14. The summed E-state index contributed by atoms with van der Waals surface area (Å²) >= 11 is 6.01. The van der Waals surface area contributed by atoms with Gasteiger partial charge in [0.25, 0.3) is 0 Å². The van der Waals surface area contributed by atoms with Crippen molar-refractivity contribution in [3.63, 3.8) is 0 Å². The third kappa shape index (κ3) is 2.99. The first-order chi connectivity index (χ1) is 8.69. The molecule has 0 radical (unpaired) electrons.